The lowest BCUT2D eigenvalue weighted by molar-refractivity contribution is -0.131. The topological polar surface area (TPSA) is 125 Å². The summed E-state index contributed by atoms with van der Waals surface area (Å²) in [6, 6.07) is 13.6. The van der Waals surface area contributed by atoms with Crippen molar-refractivity contribution in [2.75, 3.05) is 23.8 Å². The van der Waals surface area contributed by atoms with Gasteiger partial charge < -0.3 is 15.5 Å². The van der Waals surface area contributed by atoms with Crippen LogP contribution in [0.4, 0.5) is 11.4 Å². The van der Waals surface area contributed by atoms with Crippen LogP contribution in [0.25, 0.3) is 0 Å². The normalized spacial score (nSPS) is 23.0. The first kappa shape index (κ1) is 24.5. The van der Waals surface area contributed by atoms with Gasteiger partial charge in [-0.25, -0.2) is 13.1 Å². The number of carbonyl (C=O) groups excluding carboxylic acids is 3. The number of sulfonamides is 1. The maximum absolute atomic E-state index is 13.3. The van der Waals surface area contributed by atoms with Crippen LogP contribution in [0.3, 0.4) is 0 Å². The van der Waals surface area contributed by atoms with Gasteiger partial charge in [0.05, 0.1) is 11.6 Å². The van der Waals surface area contributed by atoms with Crippen molar-refractivity contribution in [3.05, 3.63) is 66.7 Å². The molecule has 0 bridgehead atoms. The van der Waals surface area contributed by atoms with Crippen LogP contribution >= 0.6 is 0 Å². The van der Waals surface area contributed by atoms with Crippen molar-refractivity contribution in [3.63, 3.8) is 0 Å². The molecule has 1 aliphatic heterocycles. The largest absolute Gasteiger partial charge is 0.387 e. The van der Waals surface area contributed by atoms with Crippen LogP contribution in [0.1, 0.15) is 18.9 Å². The van der Waals surface area contributed by atoms with E-state index < -0.39 is 39.2 Å². The average molecular weight is 497 g/mol. The van der Waals surface area contributed by atoms with Crippen molar-refractivity contribution < 1.29 is 22.8 Å². The maximum Gasteiger partial charge on any atom is 0.266 e. The molecule has 0 saturated heterocycles. The Bertz CT molecular complexity index is 1310. The molecule has 1 fully saturated rings. The minimum absolute atomic E-state index is 0.0749. The highest BCUT2D eigenvalue weighted by atomic mass is 32.2. The molecule has 3 N–H and O–H groups in total. The Hall–Kier alpha value is -3.66. The average Bonchev–Trinajstić information content (AvgIpc) is 3.57. The van der Waals surface area contributed by atoms with E-state index in [9.17, 15) is 22.8 Å². The highest BCUT2D eigenvalue weighted by Crippen LogP contribution is 2.45. The fourth-order valence-electron chi connectivity index (χ4n) is 4.60. The lowest BCUT2D eigenvalue weighted by Crippen LogP contribution is -2.55. The summed E-state index contributed by atoms with van der Waals surface area (Å²) >= 11 is 0. The third-order valence-electron chi connectivity index (χ3n) is 6.63. The van der Waals surface area contributed by atoms with Gasteiger partial charge >= 0.3 is 0 Å². The summed E-state index contributed by atoms with van der Waals surface area (Å²) in [5, 5.41) is 5.59. The number of hydrogen-bond donors (Lipinski definition) is 3. The first-order chi connectivity index (χ1) is 16.6. The Balaban J connectivity index is 1.55. The smallest absolute Gasteiger partial charge is 0.266 e. The number of nitrogens with one attached hydrogen (secondary N) is 3. The molecule has 1 aliphatic carbocycles. The molecule has 0 aromatic heterocycles. The molecule has 4 rings (SSSR count). The molecule has 2 aromatic carbocycles. The van der Waals surface area contributed by atoms with Gasteiger partial charge in [0.2, 0.25) is 11.8 Å². The molecule has 2 aliphatic rings. The van der Waals surface area contributed by atoms with Crippen molar-refractivity contribution in [1.29, 1.82) is 0 Å². The first-order valence-electron chi connectivity index (χ1n) is 11.3. The quantitative estimate of drug-likeness (QED) is 0.503. The Morgan fingerprint density at radius 3 is 2.46 bits per heavy atom. The van der Waals surface area contributed by atoms with E-state index in [4.69, 9.17) is 0 Å². The molecule has 3 amide bonds. The van der Waals surface area contributed by atoms with E-state index >= 15 is 0 Å². The summed E-state index contributed by atoms with van der Waals surface area (Å²) in [6.07, 6.45) is 2.17. The molecule has 2 aromatic rings. The van der Waals surface area contributed by atoms with E-state index in [0.717, 1.165) is 11.3 Å². The fourth-order valence-corrected chi connectivity index (χ4v) is 5.85. The van der Waals surface area contributed by atoms with Gasteiger partial charge in [0.15, 0.2) is 0 Å². The molecule has 1 heterocycles. The Morgan fingerprint density at radius 2 is 1.80 bits per heavy atom. The predicted octanol–water partition coefficient (Wildman–Crippen LogP) is 1.82. The minimum Gasteiger partial charge on any atom is -0.387 e. The van der Waals surface area contributed by atoms with Gasteiger partial charge in [-0.15, -0.1) is 6.58 Å². The first-order valence-corrected chi connectivity index (χ1v) is 12.8. The van der Waals surface area contributed by atoms with Crippen molar-refractivity contribution in [1.82, 2.24) is 10.0 Å². The summed E-state index contributed by atoms with van der Waals surface area (Å²) in [4.78, 5) is 40.2. The number of carbonyl (C=O) groups is 3. The van der Waals surface area contributed by atoms with Gasteiger partial charge in [0, 0.05) is 32.1 Å². The molecule has 184 valence electrons. The van der Waals surface area contributed by atoms with Gasteiger partial charge in [-0.05, 0) is 36.6 Å². The van der Waals surface area contributed by atoms with E-state index in [-0.39, 0.29) is 23.8 Å². The van der Waals surface area contributed by atoms with Crippen molar-refractivity contribution in [3.8, 4) is 0 Å². The fraction of sp³-hybridized carbons (Fsp3) is 0.320. The number of amides is 3. The lowest BCUT2D eigenvalue weighted by atomic mass is 9.91. The van der Waals surface area contributed by atoms with Crippen molar-refractivity contribution >= 4 is 39.1 Å². The molecule has 35 heavy (non-hydrogen) atoms. The summed E-state index contributed by atoms with van der Waals surface area (Å²) in [7, 11) is -2.62. The van der Waals surface area contributed by atoms with E-state index in [1.165, 1.54) is 19.1 Å². The van der Waals surface area contributed by atoms with Gasteiger partial charge in [-0.1, -0.05) is 36.4 Å². The zero-order valence-corrected chi connectivity index (χ0v) is 20.4. The third kappa shape index (κ3) is 4.53. The van der Waals surface area contributed by atoms with Gasteiger partial charge in [-0.2, -0.15) is 0 Å². The number of para-hydroxylation sites is 2. The molecular weight excluding hydrogens is 468 g/mol. The molecule has 9 nitrogen and oxygen atoms in total. The number of nitrogens with zero attached hydrogens (tertiary/aromatic N) is 1. The summed E-state index contributed by atoms with van der Waals surface area (Å²) < 4.78 is 28.1. The summed E-state index contributed by atoms with van der Waals surface area (Å²) in [6.45, 7) is 5.33. The Morgan fingerprint density at radius 1 is 1.11 bits per heavy atom. The number of fused-ring (bicyclic) bond motifs is 1. The molecule has 0 spiro atoms. The van der Waals surface area contributed by atoms with Gasteiger partial charge in [-0.3, -0.25) is 14.4 Å². The van der Waals surface area contributed by atoms with E-state index in [2.05, 4.69) is 21.9 Å². The van der Waals surface area contributed by atoms with Crippen LogP contribution < -0.4 is 20.3 Å². The second-order valence-corrected chi connectivity index (χ2v) is 10.5. The molecule has 1 unspecified atom stereocenters. The molecule has 0 radical (unpaired) electrons. The van der Waals surface area contributed by atoms with Crippen LogP contribution in [0.5, 0.6) is 0 Å². The highest BCUT2D eigenvalue weighted by Gasteiger charge is 2.61. The zero-order valence-electron chi connectivity index (χ0n) is 19.6. The molecular formula is C25H28N4O5S. The molecule has 3 atom stereocenters. The Labute approximate surface area is 204 Å². The standard InChI is InChI=1S/C25H28N4O5S/c1-4-19-14-25(19,24(32)28-35(33,34)22-12-8-6-10-20(22)26-3)27-23(31)18-13-17-9-5-7-11-21(17)29(15-18)16(2)30/h4-12,18-19,26H,1,13-15H2,2-3H3,(H,27,31)(H,28,32)/t18?,19-,25-/m1/s1. The number of benzene rings is 2. The third-order valence-corrected chi connectivity index (χ3v) is 8.02. The van der Waals surface area contributed by atoms with E-state index in [1.807, 2.05) is 24.3 Å². The summed E-state index contributed by atoms with van der Waals surface area (Å²) in [5.41, 5.74) is 0.543. The maximum atomic E-state index is 13.3. The van der Waals surface area contributed by atoms with Gasteiger partial charge in [0.1, 0.15) is 10.4 Å². The second kappa shape index (κ2) is 9.18. The number of rotatable bonds is 7. The van der Waals surface area contributed by atoms with Gasteiger partial charge in [0.25, 0.3) is 15.9 Å². The molecule has 10 heteroatoms. The lowest BCUT2D eigenvalue weighted by Gasteiger charge is -2.34. The SMILES string of the molecule is C=C[C@@H]1C[C@]1(NC(=O)C1Cc2ccccc2N(C(C)=O)C1)C(=O)NS(=O)(=O)c1ccccc1NC. The minimum atomic E-state index is -4.20. The van der Waals surface area contributed by atoms with Crippen molar-refractivity contribution in [2.24, 2.45) is 11.8 Å². The molecule has 1 saturated carbocycles. The van der Waals surface area contributed by atoms with Crippen LogP contribution in [0, 0.1) is 11.8 Å². The highest BCUT2D eigenvalue weighted by molar-refractivity contribution is 7.90. The predicted molar refractivity (Wildman–Crippen MR) is 132 cm³/mol. The summed E-state index contributed by atoms with van der Waals surface area (Å²) in [5.74, 6) is -2.43. The van der Waals surface area contributed by atoms with Crippen LogP contribution in [-0.2, 0) is 30.8 Å². The van der Waals surface area contributed by atoms with E-state index in [0.29, 0.717) is 12.1 Å². The van der Waals surface area contributed by atoms with Crippen LogP contribution in [0.15, 0.2) is 66.1 Å². The number of anilines is 2. The number of hydrogen-bond acceptors (Lipinski definition) is 6. The Kier molecular flexibility index (Phi) is 6.42. The van der Waals surface area contributed by atoms with Crippen molar-refractivity contribution in [2.45, 2.75) is 30.2 Å². The second-order valence-electron chi connectivity index (χ2n) is 8.85. The zero-order chi connectivity index (χ0) is 25.4. The van der Waals surface area contributed by atoms with E-state index in [1.54, 1.807) is 30.1 Å². The van der Waals surface area contributed by atoms with Crippen LogP contribution in [0.2, 0.25) is 0 Å². The monoisotopic (exact) mass is 496 g/mol. The van der Waals surface area contributed by atoms with Crippen LogP contribution in [-0.4, -0.2) is 45.3 Å².